The van der Waals surface area contributed by atoms with Crippen molar-refractivity contribution in [1.82, 2.24) is 30.0 Å². The molecule has 10 heteroatoms. The first-order valence-electron chi connectivity index (χ1n) is 11.7. The maximum Gasteiger partial charge on any atom is 0.255 e. The topological polar surface area (TPSA) is 105 Å². The van der Waals surface area contributed by atoms with Crippen LogP contribution in [0.3, 0.4) is 0 Å². The first-order valence-corrected chi connectivity index (χ1v) is 12.5. The predicted octanol–water partition coefficient (Wildman–Crippen LogP) is 3.61. The average Bonchev–Trinajstić information content (AvgIpc) is 3.47. The molecule has 36 heavy (non-hydrogen) atoms. The molecule has 0 radical (unpaired) electrons. The summed E-state index contributed by atoms with van der Waals surface area (Å²) in [4.78, 5) is 38.4. The lowest BCUT2D eigenvalue weighted by Crippen LogP contribution is -2.43. The van der Waals surface area contributed by atoms with E-state index in [2.05, 4.69) is 20.7 Å². The second-order valence-corrected chi connectivity index (χ2v) is 10.0. The van der Waals surface area contributed by atoms with E-state index in [1.165, 1.54) is 0 Å². The van der Waals surface area contributed by atoms with Gasteiger partial charge in [-0.1, -0.05) is 29.8 Å². The quantitative estimate of drug-likeness (QED) is 0.401. The van der Waals surface area contributed by atoms with Crippen LogP contribution in [0.1, 0.15) is 31.9 Å². The van der Waals surface area contributed by atoms with Gasteiger partial charge in [-0.3, -0.25) is 14.3 Å². The van der Waals surface area contributed by atoms with Crippen molar-refractivity contribution < 1.29 is 9.59 Å². The van der Waals surface area contributed by atoms with E-state index < -0.39 is 0 Å². The third-order valence-corrected chi connectivity index (χ3v) is 7.31. The lowest BCUT2D eigenvalue weighted by molar-refractivity contribution is -0.122. The molecule has 0 saturated heterocycles. The Morgan fingerprint density at radius 2 is 2.06 bits per heavy atom. The molecule has 0 spiro atoms. The molecule has 0 unspecified atom stereocenters. The number of anilines is 2. The molecule has 0 fully saturated rings. The zero-order valence-electron chi connectivity index (χ0n) is 20.4. The van der Waals surface area contributed by atoms with Crippen molar-refractivity contribution in [1.29, 1.82) is 0 Å². The molecule has 2 N–H and O–H groups in total. The Balaban J connectivity index is 1.28. The Morgan fingerprint density at radius 1 is 1.19 bits per heavy atom. The van der Waals surface area contributed by atoms with Gasteiger partial charge in [0.1, 0.15) is 5.82 Å². The van der Waals surface area contributed by atoms with Gasteiger partial charge in [-0.25, -0.2) is 9.97 Å². The number of rotatable bonds is 7. The maximum atomic E-state index is 13.2. The van der Waals surface area contributed by atoms with Crippen molar-refractivity contribution in [3.8, 4) is 10.6 Å². The van der Waals surface area contributed by atoms with Gasteiger partial charge in [0, 0.05) is 43.7 Å². The Morgan fingerprint density at radius 3 is 2.83 bits per heavy atom. The van der Waals surface area contributed by atoms with Gasteiger partial charge in [0.25, 0.3) is 5.91 Å². The van der Waals surface area contributed by atoms with E-state index in [9.17, 15) is 9.59 Å². The summed E-state index contributed by atoms with van der Waals surface area (Å²) in [7, 11) is 1.84. The van der Waals surface area contributed by atoms with E-state index >= 15 is 0 Å². The van der Waals surface area contributed by atoms with Crippen LogP contribution in [-0.4, -0.2) is 49.6 Å². The fourth-order valence-electron chi connectivity index (χ4n) is 4.19. The summed E-state index contributed by atoms with van der Waals surface area (Å²) in [6.45, 7) is 4.97. The van der Waals surface area contributed by atoms with E-state index in [1.54, 1.807) is 33.3 Å². The number of amides is 2. The van der Waals surface area contributed by atoms with E-state index in [0.717, 1.165) is 38.0 Å². The van der Waals surface area contributed by atoms with Gasteiger partial charge in [-0.05, 0) is 31.0 Å². The molecule has 4 heterocycles. The largest absolute Gasteiger partial charge is 0.350 e. The van der Waals surface area contributed by atoms with Crippen molar-refractivity contribution in [3.63, 3.8) is 0 Å². The van der Waals surface area contributed by atoms with Crippen LogP contribution in [-0.2, 0) is 24.8 Å². The average molecular weight is 502 g/mol. The van der Waals surface area contributed by atoms with Gasteiger partial charge >= 0.3 is 0 Å². The summed E-state index contributed by atoms with van der Waals surface area (Å²) in [5.41, 5.74) is 4.53. The standard InChI is InChI=1S/C26H27N7O2S/c1-16-5-4-6-18(11-16)14-27-23(34)15-33-10-8-20-19(25(33)35)12-21(36-20)24-17(2)13-28-26(31-24)30-22-7-9-29-32(22)3/h4-7,9,11-13H,8,10,14-15H2,1-3H3,(H,27,34)(H,28,30,31). The number of thiophene rings is 1. The highest BCUT2D eigenvalue weighted by atomic mass is 32.1. The smallest absolute Gasteiger partial charge is 0.255 e. The second-order valence-electron chi connectivity index (χ2n) is 8.88. The second kappa shape index (κ2) is 9.90. The number of fused-ring (bicyclic) bond motifs is 1. The van der Waals surface area contributed by atoms with Gasteiger partial charge < -0.3 is 15.5 Å². The van der Waals surface area contributed by atoms with E-state index in [1.807, 2.05) is 57.3 Å². The molecular weight excluding hydrogens is 474 g/mol. The van der Waals surface area contributed by atoms with Crippen LogP contribution < -0.4 is 10.6 Å². The van der Waals surface area contributed by atoms with Crippen LogP contribution >= 0.6 is 11.3 Å². The van der Waals surface area contributed by atoms with Crippen molar-refractivity contribution in [2.75, 3.05) is 18.4 Å². The molecule has 1 aromatic carbocycles. The van der Waals surface area contributed by atoms with Crippen molar-refractivity contribution in [2.24, 2.45) is 7.05 Å². The molecular formula is C26H27N7O2S. The molecule has 4 aromatic rings. The summed E-state index contributed by atoms with van der Waals surface area (Å²) >= 11 is 1.57. The molecule has 184 valence electrons. The fraction of sp³-hybridized carbons (Fsp3) is 0.269. The first-order chi connectivity index (χ1) is 17.4. The molecule has 1 aliphatic rings. The Bertz CT molecular complexity index is 1440. The number of nitrogens with one attached hydrogen (secondary N) is 2. The zero-order chi connectivity index (χ0) is 25.2. The minimum atomic E-state index is -0.165. The van der Waals surface area contributed by atoms with Crippen LogP contribution in [0.25, 0.3) is 10.6 Å². The van der Waals surface area contributed by atoms with Gasteiger partial charge in [-0.2, -0.15) is 5.10 Å². The number of carbonyl (C=O) groups excluding carboxylic acids is 2. The predicted molar refractivity (Wildman–Crippen MR) is 139 cm³/mol. The lowest BCUT2D eigenvalue weighted by Gasteiger charge is -2.26. The summed E-state index contributed by atoms with van der Waals surface area (Å²) in [5.74, 6) is 0.955. The Hall–Kier alpha value is -4.05. The number of aromatic nitrogens is 4. The Kier molecular flexibility index (Phi) is 6.51. The highest BCUT2D eigenvalue weighted by Gasteiger charge is 2.29. The molecule has 9 nitrogen and oxygen atoms in total. The first kappa shape index (κ1) is 23.7. The molecule has 0 atom stereocenters. The number of nitrogens with zero attached hydrogens (tertiary/aromatic N) is 5. The lowest BCUT2D eigenvalue weighted by atomic mass is 10.1. The molecule has 2 amide bonds. The van der Waals surface area contributed by atoms with Crippen LogP contribution in [0, 0.1) is 13.8 Å². The molecule has 0 saturated carbocycles. The fourth-order valence-corrected chi connectivity index (χ4v) is 5.38. The van der Waals surface area contributed by atoms with Crippen LogP contribution in [0.4, 0.5) is 11.8 Å². The molecule has 0 aliphatic carbocycles. The maximum absolute atomic E-state index is 13.2. The molecule has 5 rings (SSSR count). The molecule has 1 aliphatic heterocycles. The minimum absolute atomic E-state index is 0.0422. The van der Waals surface area contributed by atoms with Crippen LogP contribution in [0.15, 0.2) is 48.8 Å². The minimum Gasteiger partial charge on any atom is -0.350 e. The van der Waals surface area contributed by atoms with Gasteiger partial charge in [-0.15, -0.1) is 11.3 Å². The zero-order valence-corrected chi connectivity index (χ0v) is 21.2. The Labute approximate surface area is 213 Å². The summed E-state index contributed by atoms with van der Waals surface area (Å²) in [5, 5.41) is 10.3. The normalized spacial score (nSPS) is 13.0. The summed E-state index contributed by atoms with van der Waals surface area (Å²) in [6, 6.07) is 11.7. The van der Waals surface area contributed by atoms with Gasteiger partial charge in [0.15, 0.2) is 0 Å². The summed E-state index contributed by atoms with van der Waals surface area (Å²) < 4.78 is 1.71. The van der Waals surface area contributed by atoms with Gasteiger partial charge in [0.2, 0.25) is 11.9 Å². The SMILES string of the molecule is Cc1cccc(CNC(=O)CN2CCc3sc(-c4nc(Nc5ccnn5C)ncc4C)cc3C2=O)c1. The highest BCUT2D eigenvalue weighted by molar-refractivity contribution is 7.15. The number of benzene rings is 1. The summed E-state index contributed by atoms with van der Waals surface area (Å²) in [6.07, 6.45) is 4.18. The van der Waals surface area contributed by atoms with E-state index in [-0.39, 0.29) is 18.4 Å². The number of hydrogen-bond donors (Lipinski definition) is 2. The van der Waals surface area contributed by atoms with Crippen molar-refractivity contribution in [3.05, 3.63) is 75.9 Å². The number of hydrogen-bond acceptors (Lipinski definition) is 7. The molecule has 0 bridgehead atoms. The highest BCUT2D eigenvalue weighted by Crippen LogP contribution is 2.35. The van der Waals surface area contributed by atoms with Crippen molar-refractivity contribution >= 4 is 34.9 Å². The van der Waals surface area contributed by atoms with E-state index in [4.69, 9.17) is 4.98 Å². The van der Waals surface area contributed by atoms with E-state index in [0.29, 0.717) is 31.0 Å². The van der Waals surface area contributed by atoms with Crippen LogP contribution in [0.2, 0.25) is 0 Å². The third kappa shape index (κ3) is 4.99. The monoisotopic (exact) mass is 501 g/mol. The third-order valence-electron chi connectivity index (χ3n) is 6.11. The number of aryl methyl sites for hydroxylation is 3. The number of carbonyl (C=O) groups is 2. The molecule has 3 aromatic heterocycles. The van der Waals surface area contributed by atoms with Crippen LogP contribution in [0.5, 0.6) is 0 Å². The van der Waals surface area contributed by atoms with Gasteiger partial charge in [0.05, 0.1) is 28.9 Å². The van der Waals surface area contributed by atoms with Crippen molar-refractivity contribution in [2.45, 2.75) is 26.8 Å².